The van der Waals surface area contributed by atoms with E-state index in [9.17, 15) is 26.7 Å². The zero-order valence-corrected chi connectivity index (χ0v) is 13.2. The molecule has 0 spiro atoms. The number of hydrogen-bond acceptors (Lipinski definition) is 3. The van der Waals surface area contributed by atoms with E-state index in [1.54, 1.807) is 0 Å². The van der Waals surface area contributed by atoms with Gasteiger partial charge in [0.25, 0.3) is 5.92 Å². The van der Waals surface area contributed by atoms with Crippen LogP contribution in [0.25, 0.3) is 0 Å². The minimum atomic E-state index is -3.85. The van der Waals surface area contributed by atoms with E-state index in [4.69, 9.17) is 5.11 Å². The molecule has 2 rings (SSSR count). The molecule has 1 aromatic carbocycles. The van der Waals surface area contributed by atoms with Crippen molar-refractivity contribution in [1.29, 1.82) is 0 Å². The van der Waals surface area contributed by atoms with Crippen molar-refractivity contribution < 1.29 is 36.6 Å². The Morgan fingerprint density at radius 2 is 1.84 bits per heavy atom. The first-order chi connectivity index (χ1) is 11.6. The average Bonchev–Trinajstić information content (AvgIpc) is 3.28. The molecule has 1 saturated carbocycles. The van der Waals surface area contributed by atoms with Crippen molar-refractivity contribution in [3.63, 3.8) is 0 Å². The molecule has 1 atom stereocenters. The SMILES string of the molecule is O=C(O)[C@H](CC(F)(F)CC1CC1)NCC(F)(F)Oc1ccc(F)cc1. The molecular weight excluding hydrogens is 349 g/mol. The Labute approximate surface area is 141 Å². The predicted octanol–water partition coefficient (Wildman–Crippen LogP) is 3.67. The first kappa shape index (κ1) is 19.4. The number of benzene rings is 1. The van der Waals surface area contributed by atoms with Gasteiger partial charge in [-0.25, -0.2) is 13.2 Å². The zero-order valence-electron chi connectivity index (χ0n) is 13.2. The summed E-state index contributed by atoms with van der Waals surface area (Å²) in [4.78, 5) is 11.1. The van der Waals surface area contributed by atoms with E-state index in [-0.39, 0.29) is 11.7 Å². The van der Waals surface area contributed by atoms with Crippen LogP contribution in [0.4, 0.5) is 22.0 Å². The molecule has 1 aromatic rings. The fourth-order valence-electron chi connectivity index (χ4n) is 2.33. The van der Waals surface area contributed by atoms with Crippen molar-refractivity contribution in [2.45, 2.75) is 43.8 Å². The molecule has 0 amide bonds. The van der Waals surface area contributed by atoms with Crippen LogP contribution >= 0.6 is 0 Å². The molecular formula is C16H18F5NO3. The van der Waals surface area contributed by atoms with Gasteiger partial charge in [0, 0.05) is 12.8 Å². The summed E-state index contributed by atoms with van der Waals surface area (Å²) in [6, 6.07) is 1.94. The maximum Gasteiger partial charge on any atom is 0.410 e. The van der Waals surface area contributed by atoms with Crippen LogP contribution in [-0.4, -0.2) is 35.7 Å². The minimum Gasteiger partial charge on any atom is -0.480 e. The Morgan fingerprint density at radius 3 is 2.36 bits per heavy atom. The molecule has 9 heteroatoms. The molecule has 0 heterocycles. The fourth-order valence-corrected chi connectivity index (χ4v) is 2.33. The van der Waals surface area contributed by atoms with E-state index < -0.39 is 49.2 Å². The largest absolute Gasteiger partial charge is 0.480 e. The summed E-state index contributed by atoms with van der Waals surface area (Å²) in [7, 11) is 0. The highest BCUT2D eigenvalue weighted by Crippen LogP contribution is 2.40. The van der Waals surface area contributed by atoms with Crippen LogP contribution in [0.15, 0.2) is 24.3 Å². The van der Waals surface area contributed by atoms with E-state index in [1.807, 2.05) is 5.32 Å². The van der Waals surface area contributed by atoms with Crippen molar-refractivity contribution in [2.75, 3.05) is 6.54 Å². The van der Waals surface area contributed by atoms with Gasteiger partial charge in [0.2, 0.25) is 0 Å². The number of ether oxygens (including phenoxy) is 1. The van der Waals surface area contributed by atoms with Crippen LogP contribution in [0.5, 0.6) is 5.75 Å². The lowest BCUT2D eigenvalue weighted by Crippen LogP contribution is -2.48. The number of carboxylic acids is 1. The van der Waals surface area contributed by atoms with E-state index in [1.165, 1.54) is 0 Å². The van der Waals surface area contributed by atoms with Crippen LogP contribution in [0.3, 0.4) is 0 Å². The van der Waals surface area contributed by atoms with Crippen molar-refractivity contribution in [3.8, 4) is 5.75 Å². The van der Waals surface area contributed by atoms with Crippen molar-refractivity contribution in [1.82, 2.24) is 5.32 Å². The van der Waals surface area contributed by atoms with Crippen LogP contribution in [0.2, 0.25) is 0 Å². The fraction of sp³-hybridized carbons (Fsp3) is 0.562. The first-order valence-corrected chi connectivity index (χ1v) is 7.73. The Bertz CT molecular complexity index is 590. The second-order valence-corrected chi connectivity index (χ2v) is 6.17. The van der Waals surface area contributed by atoms with Gasteiger partial charge in [0.1, 0.15) is 24.2 Å². The number of nitrogens with one attached hydrogen (secondary N) is 1. The van der Waals surface area contributed by atoms with Crippen molar-refractivity contribution in [3.05, 3.63) is 30.1 Å². The van der Waals surface area contributed by atoms with Gasteiger partial charge < -0.3 is 9.84 Å². The average molecular weight is 367 g/mol. The quantitative estimate of drug-likeness (QED) is 0.620. The lowest BCUT2D eigenvalue weighted by molar-refractivity contribution is -0.175. The second-order valence-electron chi connectivity index (χ2n) is 6.17. The standard InChI is InChI=1S/C16H18F5NO3/c17-11-3-5-12(6-4-11)25-16(20,21)9-22-13(14(23)24)8-15(18,19)7-10-1-2-10/h3-6,10,13,22H,1-2,7-9H2,(H,23,24)/t13-/m0/s1. The van der Waals surface area contributed by atoms with Gasteiger partial charge in [0.05, 0.1) is 0 Å². The van der Waals surface area contributed by atoms with Crippen molar-refractivity contribution >= 4 is 5.97 Å². The number of carboxylic acid groups (broad SMARTS) is 1. The molecule has 25 heavy (non-hydrogen) atoms. The third-order valence-electron chi connectivity index (χ3n) is 3.72. The minimum absolute atomic E-state index is 0.132. The van der Waals surface area contributed by atoms with Gasteiger partial charge in [-0.15, -0.1) is 0 Å². The molecule has 0 unspecified atom stereocenters. The molecule has 1 aliphatic rings. The molecule has 140 valence electrons. The molecule has 0 saturated heterocycles. The third-order valence-corrected chi connectivity index (χ3v) is 3.72. The maximum absolute atomic E-state index is 13.8. The Hall–Kier alpha value is -1.90. The summed E-state index contributed by atoms with van der Waals surface area (Å²) in [5, 5.41) is 10.9. The van der Waals surface area contributed by atoms with Crippen LogP contribution in [0.1, 0.15) is 25.7 Å². The summed E-state index contributed by atoms with van der Waals surface area (Å²) in [5.74, 6) is -6.00. The van der Waals surface area contributed by atoms with E-state index in [0.29, 0.717) is 12.8 Å². The normalized spacial score (nSPS) is 16.5. The Kier molecular flexibility index (Phi) is 5.87. The molecule has 0 aliphatic heterocycles. The third kappa shape index (κ3) is 6.85. The molecule has 0 radical (unpaired) electrons. The highest BCUT2D eigenvalue weighted by Gasteiger charge is 2.42. The lowest BCUT2D eigenvalue weighted by atomic mass is 10.0. The van der Waals surface area contributed by atoms with Gasteiger partial charge in [-0.05, 0) is 43.0 Å². The number of aliphatic carboxylic acids is 1. The number of rotatable bonds is 10. The number of halogens is 5. The summed E-state index contributed by atoms with van der Waals surface area (Å²) < 4.78 is 72.1. The first-order valence-electron chi connectivity index (χ1n) is 7.73. The Balaban J connectivity index is 1.89. The summed E-state index contributed by atoms with van der Waals surface area (Å²) in [6.45, 7) is -1.28. The van der Waals surface area contributed by atoms with Crippen LogP contribution < -0.4 is 10.1 Å². The molecule has 0 aromatic heterocycles. The Morgan fingerprint density at radius 1 is 1.24 bits per heavy atom. The van der Waals surface area contributed by atoms with E-state index in [2.05, 4.69) is 4.74 Å². The summed E-state index contributed by atoms with van der Waals surface area (Å²) >= 11 is 0. The maximum atomic E-state index is 13.8. The molecule has 1 aliphatic carbocycles. The second kappa shape index (κ2) is 7.55. The predicted molar refractivity (Wildman–Crippen MR) is 78.3 cm³/mol. The van der Waals surface area contributed by atoms with Crippen molar-refractivity contribution in [2.24, 2.45) is 5.92 Å². The van der Waals surface area contributed by atoms with Gasteiger partial charge in [-0.2, -0.15) is 8.78 Å². The van der Waals surface area contributed by atoms with Crippen LogP contribution in [0, 0.1) is 11.7 Å². The van der Waals surface area contributed by atoms with Gasteiger partial charge in [-0.1, -0.05) is 0 Å². The zero-order chi connectivity index (χ0) is 18.7. The molecule has 0 bridgehead atoms. The summed E-state index contributed by atoms with van der Waals surface area (Å²) in [6.07, 6.45) is -4.03. The van der Waals surface area contributed by atoms with E-state index >= 15 is 0 Å². The van der Waals surface area contributed by atoms with Gasteiger partial charge >= 0.3 is 12.1 Å². The summed E-state index contributed by atoms with van der Waals surface area (Å²) in [5.41, 5.74) is 0. The molecule has 4 nitrogen and oxygen atoms in total. The van der Waals surface area contributed by atoms with E-state index in [0.717, 1.165) is 24.3 Å². The lowest BCUT2D eigenvalue weighted by Gasteiger charge is -2.24. The highest BCUT2D eigenvalue weighted by atomic mass is 19.3. The highest BCUT2D eigenvalue weighted by molar-refractivity contribution is 5.73. The number of carbonyl (C=O) groups is 1. The molecule has 2 N–H and O–H groups in total. The van der Waals surface area contributed by atoms with Gasteiger partial charge in [-0.3, -0.25) is 10.1 Å². The smallest absolute Gasteiger partial charge is 0.410 e. The number of hydrogen-bond donors (Lipinski definition) is 2. The number of alkyl halides is 4. The monoisotopic (exact) mass is 367 g/mol. The van der Waals surface area contributed by atoms with Gasteiger partial charge in [0.15, 0.2) is 0 Å². The molecule has 1 fully saturated rings. The van der Waals surface area contributed by atoms with Crippen LogP contribution in [-0.2, 0) is 4.79 Å². The topological polar surface area (TPSA) is 58.6 Å².